The monoisotopic (exact) mass is 310 g/mol. The van der Waals surface area contributed by atoms with Gasteiger partial charge in [-0.05, 0) is 27.2 Å². The number of aromatic nitrogens is 4. The van der Waals surface area contributed by atoms with Crippen molar-refractivity contribution in [3.63, 3.8) is 0 Å². The van der Waals surface area contributed by atoms with E-state index in [2.05, 4.69) is 15.3 Å². The number of aliphatic hydroxyl groups is 1. The average molecular weight is 310 g/mol. The Bertz CT molecular complexity index is 675. The molecule has 2 aromatic rings. The molecule has 2 rings (SSSR count). The van der Waals surface area contributed by atoms with Crippen LogP contribution >= 0.6 is 11.3 Å². The molecule has 0 amide bonds. The molecule has 0 aromatic carbocycles. The van der Waals surface area contributed by atoms with E-state index >= 15 is 0 Å². The molecular weight excluding hydrogens is 292 g/mol. The second kappa shape index (κ2) is 5.53. The Kier molecular flexibility index (Phi) is 4.11. The van der Waals surface area contributed by atoms with Crippen molar-refractivity contribution in [1.29, 1.82) is 0 Å². The van der Waals surface area contributed by atoms with E-state index in [4.69, 9.17) is 0 Å². The number of hydrogen-bond donors (Lipinski definition) is 2. The smallest absolute Gasteiger partial charge is 0.358 e. The summed E-state index contributed by atoms with van der Waals surface area (Å²) in [5.74, 6) is -1.14. The first-order valence-electron chi connectivity index (χ1n) is 6.58. The number of thiazole rings is 1. The van der Waals surface area contributed by atoms with Gasteiger partial charge in [0, 0.05) is 0 Å². The Morgan fingerprint density at radius 2 is 2.10 bits per heavy atom. The fraction of sp³-hybridized carbons (Fsp3) is 0.538. The highest BCUT2D eigenvalue weighted by Gasteiger charge is 2.28. The molecule has 0 radical (unpaired) electrons. The molecule has 0 aliphatic heterocycles. The minimum absolute atomic E-state index is 0.117. The zero-order chi connectivity index (χ0) is 15.8. The van der Waals surface area contributed by atoms with E-state index in [9.17, 15) is 15.0 Å². The van der Waals surface area contributed by atoms with Crippen LogP contribution in [0.3, 0.4) is 0 Å². The van der Waals surface area contributed by atoms with Gasteiger partial charge in [-0.25, -0.2) is 14.5 Å². The number of carbonyl (C=O) groups is 1. The Morgan fingerprint density at radius 1 is 1.43 bits per heavy atom. The molecule has 0 aliphatic carbocycles. The van der Waals surface area contributed by atoms with Crippen LogP contribution in [0.15, 0.2) is 0 Å². The Labute approximate surface area is 126 Å². The van der Waals surface area contributed by atoms with Crippen LogP contribution in [0.2, 0.25) is 0 Å². The molecule has 0 saturated carbocycles. The van der Waals surface area contributed by atoms with Gasteiger partial charge in [-0.1, -0.05) is 12.1 Å². The van der Waals surface area contributed by atoms with Gasteiger partial charge >= 0.3 is 5.97 Å². The zero-order valence-corrected chi connectivity index (χ0v) is 13.2. The normalized spacial score (nSPS) is 14.1. The summed E-state index contributed by atoms with van der Waals surface area (Å²) in [5.41, 5.74) is 0.0407. The Morgan fingerprint density at radius 3 is 2.57 bits per heavy atom. The van der Waals surface area contributed by atoms with Crippen molar-refractivity contribution in [3.8, 4) is 10.6 Å². The van der Waals surface area contributed by atoms with Gasteiger partial charge in [0.15, 0.2) is 5.69 Å². The molecule has 0 saturated heterocycles. The fourth-order valence-electron chi connectivity index (χ4n) is 1.98. The lowest BCUT2D eigenvalue weighted by Gasteiger charge is -2.21. The van der Waals surface area contributed by atoms with Crippen LogP contribution in [-0.2, 0) is 6.54 Å². The maximum Gasteiger partial charge on any atom is 0.358 e. The van der Waals surface area contributed by atoms with E-state index in [-0.39, 0.29) is 12.2 Å². The lowest BCUT2D eigenvalue weighted by atomic mass is 10.0. The first-order valence-corrected chi connectivity index (χ1v) is 7.40. The largest absolute Gasteiger partial charge is 0.476 e. The highest BCUT2D eigenvalue weighted by Crippen LogP contribution is 2.32. The van der Waals surface area contributed by atoms with Crippen molar-refractivity contribution in [3.05, 3.63) is 16.4 Å². The van der Waals surface area contributed by atoms with Crippen LogP contribution in [0.4, 0.5) is 0 Å². The number of rotatable bonds is 5. The second-order valence-corrected chi connectivity index (χ2v) is 6.45. The Hall–Kier alpha value is -1.80. The van der Waals surface area contributed by atoms with Gasteiger partial charge < -0.3 is 10.2 Å². The number of nitrogens with zero attached hydrogens (tertiary/aromatic N) is 4. The molecule has 0 aliphatic rings. The molecule has 7 nitrogen and oxygen atoms in total. The van der Waals surface area contributed by atoms with Crippen LogP contribution in [0.5, 0.6) is 0 Å². The summed E-state index contributed by atoms with van der Waals surface area (Å²) in [7, 11) is 0. The van der Waals surface area contributed by atoms with E-state index in [1.54, 1.807) is 6.92 Å². The molecule has 2 aromatic heterocycles. The number of aryl methyl sites for hydroxylation is 2. The first-order chi connectivity index (χ1) is 9.75. The molecule has 0 fully saturated rings. The van der Waals surface area contributed by atoms with Gasteiger partial charge in [-0.15, -0.1) is 16.4 Å². The Balaban J connectivity index is 2.58. The van der Waals surface area contributed by atoms with Crippen LogP contribution in [-0.4, -0.2) is 41.8 Å². The van der Waals surface area contributed by atoms with Gasteiger partial charge in [0.25, 0.3) is 0 Å². The van der Waals surface area contributed by atoms with E-state index in [0.717, 1.165) is 15.6 Å². The number of hydrogen-bond acceptors (Lipinski definition) is 6. The van der Waals surface area contributed by atoms with Crippen molar-refractivity contribution in [2.45, 2.75) is 46.3 Å². The van der Waals surface area contributed by atoms with E-state index < -0.39 is 11.6 Å². The molecule has 8 heteroatoms. The number of carboxylic acid groups (broad SMARTS) is 1. The van der Waals surface area contributed by atoms with Gasteiger partial charge in [0.05, 0.1) is 27.7 Å². The first kappa shape index (κ1) is 15.6. The summed E-state index contributed by atoms with van der Waals surface area (Å²) in [6, 6.07) is 0. The molecule has 1 unspecified atom stereocenters. The molecule has 0 spiro atoms. The van der Waals surface area contributed by atoms with E-state index in [1.807, 2.05) is 20.8 Å². The van der Waals surface area contributed by atoms with Crippen LogP contribution in [0, 0.1) is 13.8 Å². The minimum Gasteiger partial charge on any atom is -0.476 e. The van der Waals surface area contributed by atoms with Gasteiger partial charge in [-0.3, -0.25) is 0 Å². The number of carboxylic acids is 1. The standard InChI is InChI=1S/C13H18N4O3S/c1-5-13(4,20)6-17-10(9(12(18)19)15-16-17)11-7(2)14-8(3)21-11/h20H,5-6H2,1-4H3,(H,18,19). The lowest BCUT2D eigenvalue weighted by molar-refractivity contribution is 0.0344. The molecule has 2 heterocycles. The molecule has 2 N–H and O–H groups in total. The fourth-order valence-corrected chi connectivity index (χ4v) is 2.95. The van der Waals surface area contributed by atoms with Crippen molar-refractivity contribution >= 4 is 17.3 Å². The second-order valence-electron chi connectivity index (χ2n) is 5.25. The van der Waals surface area contributed by atoms with Gasteiger partial charge in [0.1, 0.15) is 5.69 Å². The van der Waals surface area contributed by atoms with Crippen molar-refractivity contribution in [2.75, 3.05) is 0 Å². The van der Waals surface area contributed by atoms with Crippen LogP contribution in [0.1, 0.15) is 41.5 Å². The quantitative estimate of drug-likeness (QED) is 0.874. The van der Waals surface area contributed by atoms with Gasteiger partial charge in [-0.2, -0.15) is 0 Å². The third kappa shape index (κ3) is 3.11. The maximum atomic E-state index is 11.4. The maximum absolute atomic E-state index is 11.4. The summed E-state index contributed by atoms with van der Waals surface area (Å²) in [4.78, 5) is 16.4. The lowest BCUT2D eigenvalue weighted by Crippen LogP contribution is -2.30. The SMILES string of the molecule is CCC(C)(O)Cn1nnc(C(=O)O)c1-c1sc(C)nc1C. The summed E-state index contributed by atoms with van der Waals surface area (Å²) in [6.45, 7) is 7.40. The minimum atomic E-state index is -1.14. The molecule has 114 valence electrons. The highest BCUT2D eigenvalue weighted by molar-refractivity contribution is 7.15. The van der Waals surface area contributed by atoms with Crippen LogP contribution in [0.25, 0.3) is 10.6 Å². The predicted octanol–water partition coefficient (Wildman–Crippen LogP) is 1.88. The van der Waals surface area contributed by atoms with E-state index in [0.29, 0.717) is 12.1 Å². The summed E-state index contributed by atoms with van der Waals surface area (Å²) >= 11 is 1.39. The third-order valence-corrected chi connectivity index (χ3v) is 4.39. The third-order valence-electron chi connectivity index (χ3n) is 3.31. The van der Waals surface area contributed by atoms with Crippen molar-refractivity contribution < 1.29 is 15.0 Å². The average Bonchev–Trinajstić information content (AvgIpc) is 2.92. The summed E-state index contributed by atoms with van der Waals surface area (Å²) in [6.07, 6.45) is 0.523. The predicted molar refractivity (Wildman–Crippen MR) is 78.5 cm³/mol. The zero-order valence-electron chi connectivity index (χ0n) is 12.4. The summed E-state index contributed by atoms with van der Waals surface area (Å²) in [5, 5.41) is 28.0. The van der Waals surface area contributed by atoms with Gasteiger partial charge in [0.2, 0.25) is 0 Å². The molecular formula is C13H18N4O3S. The van der Waals surface area contributed by atoms with Crippen LogP contribution < -0.4 is 0 Å². The van der Waals surface area contributed by atoms with E-state index in [1.165, 1.54) is 16.0 Å². The summed E-state index contributed by atoms with van der Waals surface area (Å²) < 4.78 is 1.45. The highest BCUT2D eigenvalue weighted by atomic mass is 32.1. The molecule has 0 bridgehead atoms. The molecule has 1 atom stereocenters. The number of aromatic carboxylic acids is 1. The van der Waals surface area contributed by atoms with Crippen molar-refractivity contribution in [2.24, 2.45) is 0 Å². The molecule has 21 heavy (non-hydrogen) atoms. The topological polar surface area (TPSA) is 101 Å². The van der Waals surface area contributed by atoms with Crippen molar-refractivity contribution in [1.82, 2.24) is 20.0 Å².